The van der Waals surface area contributed by atoms with Gasteiger partial charge in [-0.2, -0.15) is 0 Å². The van der Waals surface area contributed by atoms with Crippen LogP contribution in [0.25, 0.3) is 0 Å². The third-order valence-corrected chi connectivity index (χ3v) is 8.93. The Morgan fingerprint density at radius 1 is 1.04 bits per heavy atom. The summed E-state index contributed by atoms with van der Waals surface area (Å²) >= 11 is 0.985. The standard InChI is InChI=1S/C10H13IO.C9H11IO/c1-10(2)8-6-4-5-7-9(8)11(3)12-10;1-9(2,11)7-5-3-4-6-8(7)10/h4-7H,1-3H3;3-6,11H,1-2H3. The van der Waals surface area contributed by atoms with Crippen molar-refractivity contribution in [3.05, 3.63) is 66.8 Å². The zero-order valence-electron chi connectivity index (χ0n) is 14.2. The third-order valence-electron chi connectivity index (χ3n) is 3.65. The van der Waals surface area contributed by atoms with Crippen molar-refractivity contribution < 1.29 is 8.17 Å². The van der Waals surface area contributed by atoms with Crippen LogP contribution in [0.2, 0.25) is 0 Å². The third kappa shape index (κ3) is 4.67. The van der Waals surface area contributed by atoms with Gasteiger partial charge in [-0.25, -0.2) is 0 Å². The summed E-state index contributed by atoms with van der Waals surface area (Å²) in [6, 6.07) is 16.5. The molecule has 1 aliphatic rings. The minimum absolute atomic E-state index is 0.0316. The van der Waals surface area contributed by atoms with Gasteiger partial charge in [-0.15, -0.1) is 0 Å². The SMILES string of the molecule is CC(C)(O)c1ccccc1I.CI1OC(C)(C)c2ccccc21. The normalized spacial score (nSPS) is 17.3. The summed E-state index contributed by atoms with van der Waals surface area (Å²) in [5, 5.41) is 9.67. The van der Waals surface area contributed by atoms with Crippen LogP contribution in [0, 0.1) is 7.14 Å². The Morgan fingerprint density at radius 2 is 1.61 bits per heavy atom. The van der Waals surface area contributed by atoms with Crippen molar-refractivity contribution in [1.29, 1.82) is 0 Å². The van der Waals surface area contributed by atoms with E-state index in [9.17, 15) is 5.11 Å². The summed E-state index contributed by atoms with van der Waals surface area (Å²) in [5.41, 5.74) is 1.63. The molecule has 0 amide bonds. The summed E-state index contributed by atoms with van der Waals surface area (Å²) in [6.07, 6.45) is 0. The Morgan fingerprint density at radius 3 is 2.13 bits per heavy atom. The molecule has 0 aromatic heterocycles. The van der Waals surface area contributed by atoms with Gasteiger partial charge in [-0.1, -0.05) is 18.2 Å². The number of benzene rings is 2. The molecule has 0 saturated heterocycles. The second-order valence-electron chi connectivity index (χ2n) is 6.53. The van der Waals surface area contributed by atoms with Gasteiger partial charge in [0.1, 0.15) is 0 Å². The Balaban J connectivity index is 0.000000168. The molecule has 1 aliphatic heterocycles. The van der Waals surface area contributed by atoms with Crippen LogP contribution in [0.3, 0.4) is 0 Å². The Hall–Kier alpha value is -0.180. The molecule has 0 saturated carbocycles. The number of hydrogen-bond acceptors (Lipinski definition) is 2. The Labute approximate surface area is 160 Å². The van der Waals surface area contributed by atoms with Crippen LogP contribution < -0.4 is 0 Å². The Kier molecular flexibility index (Phi) is 6.14. The first kappa shape index (κ1) is 19.1. The van der Waals surface area contributed by atoms with Crippen LogP contribution in [0.4, 0.5) is 0 Å². The molecule has 2 nitrogen and oxygen atoms in total. The Bertz CT molecular complexity index is 675. The molecular formula is C19H24I2O2. The number of rotatable bonds is 1. The molecule has 0 fully saturated rings. The van der Waals surface area contributed by atoms with Gasteiger partial charge in [0.05, 0.1) is 5.60 Å². The van der Waals surface area contributed by atoms with Crippen molar-refractivity contribution in [3.63, 3.8) is 0 Å². The summed E-state index contributed by atoms with van der Waals surface area (Å²) in [5.74, 6) is 0. The quantitative estimate of drug-likeness (QED) is 0.374. The van der Waals surface area contributed by atoms with Crippen LogP contribution in [0.1, 0.15) is 38.8 Å². The zero-order chi connectivity index (χ0) is 17.3. The molecule has 3 rings (SSSR count). The molecule has 0 spiro atoms. The fraction of sp³-hybridized carbons (Fsp3) is 0.368. The first-order valence-electron chi connectivity index (χ1n) is 7.49. The van der Waals surface area contributed by atoms with Crippen molar-refractivity contribution >= 4 is 42.8 Å². The van der Waals surface area contributed by atoms with E-state index in [-0.39, 0.29) is 5.60 Å². The fourth-order valence-electron chi connectivity index (χ4n) is 2.51. The van der Waals surface area contributed by atoms with E-state index in [4.69, 9.17) is 3.07 Å². The average Bonchev–Trinajstić information content (AvgIpc) is 2.69. The topological polar surface area (TPSA) is 29.5 Å². The maximum atomic E-state index is 9.67. The number of aliphatic hydroxyl groups is 1. The average molecular weight is 538 g/mol. The number of halogens is 2. The van der Waals surface area contributed by atoms with Crippen molar-refractivity contribution in [2.24, 2.45) is 0 Å². The van der Waals surface area contributed by atoms with Gasteiger partial charge in [0.15, 0.2) is 0 Å². The van der Waals surface area contributed by atoms with E-state index >= 15 is 0 Å². The molecule has 0 aliphatic carbocycles. The van der Waals surface area contributed by atoms with Gasteiger partial charge in [-0.3, -0.25) is 0 Å². The predicted molar refractivity (Wildman–Crippen MR) is 114 cm³/mol. The van der Waals surface area contributed by atoms with Crippen LogP contribution >= 0.6 is 42.8 Å². The molecule has 23 heavy (non-hydrogen) atoms. The molecule has 0 atom stereocenters. The van der Waals surface area contributed by atoms with Crippen molar-refractivity contribution in [3.8, 4) is 0 Å². The molecule has 1 heterocycles. The second-order valence-corrected chi connectivity index (χ2v) is 11.7. The summed E-state index contributed by atoms with van der Waals surface area (Å²) in [4.78, 5) is 2.26. The molecule has 0 unspecified atom stereocenters. The molecule has 2 aromatic rings. The van der Waals surface area contributed by atoms with Gasteiger partial charge < -0.3 is 5.11 Å². The summed E-state index contributed by atoms with van der Waals surface area (Å²) in [7, 11) is 0. The van der Waals surface area contributed by atoms with Gasteiger partial charge >= 0.3 is 81.1 Å². The van der Waals surface area contributed by atoms with E-state index in [1.165, 1.54) is 9.13 Å². The van der Waals surface area contributed by atoms with Crippen molar-refractivity contribution in [2.45, 2.75) is 38.9 Å². The van der Waals surface area contributed by atoms with Crippen LogP contribution in [-0.4, -0.2) is 10.0 Å². The van der Waals surface area contributed by atoms with Gasteiger partial charge in [0, 0.05) is 3.57 Å². The van der Waals surface area contributed by atoms with Crippen LogP contribution in [0.15, 0.2) is 48.5 Å². The molecule has 0 radical (unpaired) electrons. The number of hydrogen-bond donors (Lipinski definition) is 1. The van der Waals surface area contributed by atoms with Crippen LogP contribution in [0.5, 0.6) is 0 Å². The number of alkyl halides is 1. The zero-order valence-corrected chi connectivity index (χ0v) is 18.5. The molecule has 126 valence electrons. The van der Waals surface area contributed by atoms with Gasteiger partial charge in [0.25, 0.3) is 0 Å². The summed E-state index contributed by atoms with van der Waals surface area (Å²) in [6.45, 7) is 7.91. The van der Waals surface area contributed by atoms with Crippen molar-refractivity contribution in [1.82, 2.24) is 0 Å². The number of fused-ring (bicyclic) bond motifs is 1. The monoisotopic (exact) mass is 538 g/mol. The fourth-order valence-corrected chi connectivity index (χ4v) is 8.05. The molecule has 0 bridgehead atoms. The van der Waals surface area contributed by atoms with E-state index in [1.54, 1.807) is 13.8 Å². The maximum absolute atomic E-state index is 9.67. The molecular weight excluding hydrogens is 514 g/mol. The molecule has 1 N–H and O–H groups in total. The minimum atomic E-state index is -1.24. The van der Waals surface area contributed by atoms with E-state index in [2.05, 4.69) is 65.6 Å². The predicted octanol–water partition coefficient (Wildman–Crippen LogP) is 5.69. The van der Waals surface area contributed by atoms with E-state index in [0.717, 1.165) is 9.13 Å². The second kappa shape index (κ2) is 7.37. The first-order valence-corrected chi connectivity index (χ1v) is 12.7. The summed E-state index contributed by atoms with van der Waals surface area (Å²) < 4.78 is 8.58. The van der Waals surface area contributed by atoms with Gasteiger partial charge in [-0.05, 0) is 48.1 Å². The molecule has 2 aromatic carbocycles. The first-order chi connectivity index (χ1) is 10.6. The van der Waals surface area contributed by atoms with Gasteiger partial charge in [0.2, 0.25) is 0 Å². The van der Waals surface area contributed by atoms with E-state index in [0.29, 0.717) is 0 Å². The van der Waals surface area contributed by atoms with Crippen LogP contribution in [-0.2, 0) is 14.3 Å². The molecule has 4 heteroatoms. The van der Waals surface area contributed by atoms with Crippen molar-refractivity contribution in [2.75, 3.05) is 4.93 Å². The van der Waals surface area contributed by atoms with E-state index in [1.807, 2.05) is 24.3 Å². The van der Waals surface area contributed by atoms with E-state index < -0.39 is 25.8 Å².